The number of ether oxygens (including phenoxy) is 1. The molecule has 1 aliphatic heterocycles. The van der Waals surface area contributed by atoms with Gasteiger partial charge in [-0.2, -0.15) is 13.2 Å². The highest BCUT2D eigenvalue weighted by molar-refractivity contribution is 6.30. The molecule has 1 aliphatic rings. The highest BCUT2D eigenvalue weighted by Gasteiger charge is 2.33. The Labute approximate surface area is 194 Å². The zero-order chi connectivity index (χ0) is 23.8. The van der Waals surface area contributed by atoms with Gasteiger partial charge in [-0.05, 0) is 42.5 Å². The first-order valence-corrected chi connectivity index (χ1v) is 10.5. The molecule has 2 aromatic rings. The third-order valence-electron chi connectivity index (χ3n) is 4.75. The maximum absolute atomic E-state index is 13.5. The Kier molecular flexibility index (Phi) is 8.33. The lowest BCUT2D eigenvalue weighted by Crippen LogP contribution is -2.42. The van der Waals surface area contributed by atoms with Crippen LogP contribution in [0, 0.1) is 11.8 Å². The first-order valence-electron chi connectivity index (χ1n) is 10.1. The van der Waals surface area contributed by atoms with E-state index in [1.165, 1.54) is 36.4 Å². The second kappa shape index (κ2) is 11.2. The molecule has 1 saturated heterocycles. The number of amides is 1. The number of morpholine rings is 1. The van der Waals surface area contributed by atoms with Gasteiger partial charge in [0.05, 0.1) is 18.7 Å². The van der Waals surface area contributed by atoms with E-state index in [4.69, 9.17) is 16.3 Å². The van der Waals surface area contributed by atoms with Gasteiger partial charge in [-0.15, -0.1) is 0 Å². The average Bonchev–Trinajstić information content (AvgIpc) is 2.76. The van der Waals surface area contributed by atoms with Gasteiger partial charge >= 0.3 is 12.1 Å². The number of hydrogen-bond acceptors (Lipinski definition) is 5. The van der Waals surface area contributed by atoms with Crippen LogP contribution in [0.25, 0.3) is 0 Å². The fourth-order valence-corrected chi connectivity index (χ4v) is 3.21. The van der Waals surface area contributed by atoms with Crippen LogP contribution < -0.4 is 10.6 Å². The minimum atomic E-state index is -4.64. The number of nitrogens with one attached hydrogen (secondary N) is 2. The maximum atomic E-state index is 13.5. The fraction of sp³-hybridized carbons (Fsp3) is 0.304. The quantitative estimate of drug-likeness (QED) is 0.377. The molecule has 0 radical (unpaired) electrons. The number of alkyl halides is 3. The van der Waals surface area contributed by atoms with Crippen molar-refractivity contribution in [1.82, 2.24) is 10.2 Å². The van der Waals surface area contributed by atoms with Crippen molar-refractivity contribution >= 4 is 29.2 Å². The van der Waals surface area contributed by atoms with Crippen LogP contribution in [-0.2, 0) is 15.7 Å². The first kappa shape index (κ1) is 24.6. The number of hydrogen-bond donors (Lipinski definition) is 2. The lowest BCUT2D eigenvalue weighted by Gasteiger charge is -2.25. The van der Waals surface area contributed by atoms with Crippen LogP contribution in [0.15, 0.2) is 42.5 Å². The summed E-state index contributed by atoms with van der Waals surface area (Å²) in [6.45, 7) is 2.55. The highest BCUT2D eigenvalue weighted by atomic mass is 35.5. The van der Waals surface area contributed by atoms with E-state index >= 15 is 0 Å². The standard InChI is InChI=1S/C23H21ClF3N3O3/c24-18-6-3-17(4-7-18)22(32)29-19-8-5-16(20(14-19)23(25,26)27)2-1-9-28-10-11-30-12-13-33-21(31)15-30/h3-8,14,28H,9-13,15H2,(H,29,32). The zero-order valence-corrected chi connectivity index (χ0v) is 18.2. The molecule has 0 saturated carbocycles. The molecule has 6 nitrogen and oxygen atoms in total. The summed E-state index contributed by atoms with van der Waals surface area (Å²) in [7, 11) is 0. The molecule has 0 aromatic heterocycles. The van der Waals surface area contributed by atoms with Crippen molar-refractivity contribution in [2.75, 3.05) is 44.6 Å². The number of halogens is 4. The first-order chi connectivity index (χ1) is 15.7. The number of cyclic esters (lactones) is 1. The summed E-state index contributed by atoms with van der Waals surface area (Å²) in [5.41, 5.74) is -0.848. The molecular weight excluding hydrogens is 459 g/mol. The fourth-order valence-electron chi connectivity index (χ4n) is 3.08. The minimum Gasteiger partial charge on any atom is -0.463 e. The van der Waals surface area contributed by atoms with E-state index in [1.807, 2.05) is 4.90 Å². The summed E-state index contributed by atoms with van der Waals surface area (Å²) in [6, 6.07) is 9.46. The number of nitrogens with zero attached hydrogens (tertiary/aromatic N) is 1. The van der Waals surface area contributed by atoms with Gasteiger partial charge in [0.2, 0.25) is 0 Å². The van der Waals surface area contributed by atoms with Crippen LogP contribution in [0.2, 0.25) is 5.02 Å². The van der Waals surface area contributed by atoms with E-state index in [1.54, 1.807) is 0 Å². The lowest BCUT2D eigenvalue weighted by atomic mass is 10.1. The lowest BCUT2D eigenvalue weighted by molar-refractivity contribution is -0.150. The molecule has 1 fully saturated rings. The Morgan fingerprint density at radius 3 is 2.64 bits per heavy atom. The Hall–Kier alpha value is -3.06. The van der Waals surface area contributed by atoms with E-state index in [-0.39, 0.29) is 35.9 Å². The molecule has 2 N–H and O–H groups in total. The smallest absolute Gasteiger partial charge is 0.417 e. The second-order valence-electron chi connectivity index (χ2n) is 7.19. The minimum absolute atomic E-state index is 0.00556. The topological polar surface area (TPSA) is 70.7 Å². The van der Waals surface area contributed by atoms with E-state index in [9.17, 15) is 22.8 Å². The molecule has 0 unspecified atom stereocenters. The van der Waals surface area contributed by atoms with Gasteiger partial charge in [-0.3, -0.25) is 14.5 Å². The van der Waals surface area contributed by atoms with Gasteiger partial charge in [0.25, 0.3) is 5.91 Å². The van der Waals surface area contributed by atoms with Gasteiger partial charge in [0.15, 0.2) is 0 Å². The number of rotatable bonds is 6. The summed E-state index contributed by atoms with van der Waals surface area (Å²) in [5.74, 6) is 4.40. The number of carbonyl (C=O) groups excluding carboxylic acids is 2. The van der Waals surface area contributed by atoms with Crippen molar-refractivity contribution in [2.24, 2.45) is 0 Å². The number of carbonyl (C=O) groups is 2. The van der Waals surface area contributed by atoms with Crippen LogP contribution in [-0.4, -0.2) is 56.1 Å². The molecule has 1 heterocycles. The highest BCUT2D eigenvalue weighted by Crippen LogP contribution is 2.33. The average molecular weight is 480 g/mol. The molecule has 10 heteroatoms. The van der Waals surface area contributed by atoms with Crippen LogP contribution in [0.1, 0.15) is 21.5 Å². The van der Waals surface area contributed by atoms with E-state index in [2.05, 4.69) is 22.5 Å². The summed E-state index contributed by atoms with van der Waals surface area (Å²) >= 11 is 5.78. The van der Waals surface area contributed by atoms with Gasteiger partial charge in [-0.25, -0.2) is 0 Å². The summed E-state index contributed by atoms with van der Waals surface area (Å²) < 4.78 is 45.5. The summed E-state index contributed by atoms with van der Waals surface area (Å²) in [5, 5.41) is 5.92. The van der Waals surface area contributed by atoms with E-state index < -0.39 is 17.6 Å². The third-order valence-corrected chi connectivity index (χ3v) is 5.01. The van der Waals surface area contributed by atoms with Crippen molar-refractivity contribution < 1.29 is 27.5 Å². The molecule has 1 amide bonds. The second-order valence-corrected chi connectivity index (χ2v) is 7.63. The Bertz CT molecular complexity index is 1060. The monoisotopic (exact) mass is 479 g/mol. The predicted octanol–water partition coefficient (Wildman–Crippen LogP) is 3.41. The Balaban J connectivity index is 1.60. The van der Waals surface area contributed by atoms with Crippen molar-refractivity contribution in [2.45, 2.75) is 6.18 Å². The molecule has 0 spiro atoms. The van der Waals surface area contributed by atoms with Crippen molar-refractivity contribution in [3.8, 4) is 11.8 Å². The molecule has 0 aliphatic carbocycles. The van der Waals surface area contributed by atoms with Crippen LogP contribution >= 0.6 is 11.6 Å². The molecule has 0 bridgehead atoms. The van der Waals surface area contributed by atoms with Gasteiger partial charge in [0.1, 0.15) is 6.61 Å². The van der Waals surface area contributed by atoms with Gasteiger partial charge in [-0.1, -0.05) is 23.4 Å². The van der Waals surface area contributed by atoms with Gasteiger partial charge < -0.3 is 15.4 Å². The SMILES string of the molecule is O=C1CN(CCNCC#Cc2ccc(NC(=O)c3ccc(Cl)cc3)cc2C(F)(F)F)CCO1. The van der Waals surface area contributed by atoms with Crippen LogP contribution in [0.4, 0.5) is 18.9 Å². The molecule has 174 valence electrons. The van der Waals surface area contributed by atoms with Crippen molar-refractivity contribution in [3.05, 3.63) is 64.2 Å². The molecule has 3 rings (SSSR count). The zero-order valence-electron chi connectivity index (χ0n) is 17.5. The Morgan fingerprint density at radius 1 is 1.18 bits per heavy atom. The normalized spacial score (nSPS) is 14.2. The molecule has 0 atom stereocenters. The number of anilines is 1. The summed E-state index contributed by atoms with van der Waals surface area (Å²) in [4.78, 5) is 25.4. The largest absolute Gasteiger partial charge is 0.463 e. The van der Waals surface area contributed by atoms with Crippen molar-refractivity contribution in [1.29, 1.82) is 0 Å². The van der Waals surface area contributed by atoms with Gasteiger partial charge in [0, 0.05) is 41.5 Å². The summed E-state index contributed by atoms with van der Waals surface area (Å²) in [6.07, 6.45) is -4.64. The van der Waals surface area contributed by atoms with Crippen molar-refractivity contribution in [3.63, 3.8) is 0 Å². The molecular formula is C23H21ClF3N3O3. The van der Waals surface area contributed by atoms with Crippen LogP contribution in [0.5, 0.6) is 0 Å². The third kappa shape index (κ3) is 7.49. The molecule has 2 aromatic carbocycles. The number of benzene rings is 2. The number of esters is 1. The predicted molar refractivity (Wildman–Crippen MR) is 118 cm³/mol. The van der Waals surface area contributed by atoms with E-state index in [0.717, 1.165) is 6.07 Å². The van der Waals surface area contributed by atoms with Crippen LogP contribution in [0.3, 0.4) is 0 Å². The Morgan fingerprint density at radius 2 is 1.94 bits per heavy atom. The van der Waals surface area contributed by atoms with E-state index in [0.29, 0.717) is 31.3 Å². The maximum Gasteiger partial charge on any atom is 0.417 e. The molecule has 33 heavy (non-hydrogen) atoms.